The van der Waals surface area contributed by atoms with Gasteiger partial charge in [0, 0.05) is 44.0 Å². The van der Waals surface area contributed by atoms with Crippen LogP contribution in [0, 0.1) is 18.8 Å². The standard InChI is InChI=1S/2C18H14O.C15H23.C6H6O.Ti/c2*19-18-16(14-8-3-1-4-9-14)12-7-13-17(18)15-10-5-2-6-11-15;1-4-12-10-11(3)13(5-2)15-9-7-6-8-14(12)15;7-6-4-2-1-3-5-6;/h2*1-13,19H;10,13,15H,3-9H2,1-2H3;1-5,7H;/q;;-1;;/t;;13-,15-;;/m..1../s1. The van der Waals surface area contributed by atoms with Gasteiger partial charge < -0.3 is 15.3 Å². The first-order valence-corrected chi connectivity index (χ1v) is 21.2. The molecule has 2 aliphatic carbocycles. The summed E-state index contributed by atoms with van der Waals surface area (Å²) in [6, 6.07) is 60.2. The average Bonchev–Trinajstić information content (AvgIpc) is 3.31. The van der Waals surface area contributed by atoms with Crippen LogP contribution in [-0.2, 0) is 21.7 Å². The number of aromatic hydroxyl groups is 3. The summed E-state index contributed by atoms with van der Waals surface area (Å²) in [5, 5.41) is 29.6. The summed E-state index contributed by atoms with van der Waals surface area (Å²) >= 11 is 0. The number of phenolic OH excluding ortho intramolecular Hbond substituents is 3. The molecule has 0 aliphatic heterocycles. The van der Waals surface area contributed by atoms with Crippen LogP contribution in [-0.4, -0.2) is 15.3 Å². The van der Waals surface area contributed by atoms with E-state index in [0.717, 1.165) is 56.3 Å². The minimum Gasteiger partial charge on any atom is -0.508 e. The van der Waals surface area contributed by atoms with E-state index in [1.54, 1.807) is 35.4 Å². The molecule has 61 heavy (non-hydrogen) atoms. The molecule has 0 bridgehead atoms. The number of phenols is 3. The van der Waals surface area contributed by atoms with E-state index in [-0.39, 0.29) is 21.7 Å². The van der Waals surface area contributed by atoms with Gasteiger partial charge >= 0.3 is 0 Å². The van der Waals surface area contributed by atoms with Gasteiger partial charge in [0.2, 0.25) is 0 Å². The third-order valence-corrected chi connectivity index (χ3v) is 11.4. The van der Waals surface area contributed by atoms with Crippen molar-refractivity contribution < 1.29 is 37.0 Å². The largest absolute Gasteiger partial charge is 0.508 e. The zero-order valence-corrected chi connectivity index (χ0v) is 37.0. The molecule has 9 rings (SSSR count). The molecule has 0 spiro atoms. The van der Waals surface area contributed by atoms with Crippen molar-refractivity contribution >= 4 is 0 Å². The van der Waals surface area contributed by atoms with Gasteiger partial charge in [0.1, 0.15) is 17.2 Å². The van der Waals surface area contributed by atoms with Crippen molar-refractivity contribution in [2.45, 2.75) is 52.4 Å². The number of rotatable bonds is 6. The molecule has 2 atom stereocenters. The first-order valence-electron chi connectivity index (χ1n) is 21.2. The second kappa shape index (κ2) is 23.7. The first kappa shape index (κ1) is 46.1. The molecule has 2 aliphatic rings. The SMILES string of the molecule is Oc1c(-c2ccccc2)cccc1-c1ccccc1.Oc1c(-c2ccccc2)cccc1-c1ccccc1.Oc1ccccc1.[CH2-]C1=CC(CC)=C2CCCC[C@@H]2[C@@H]1CC.[Ti]. The zero-order chi connectivity index (χ0) is 42.1. The Morgan fingerprint density at radius 1 is 0.475 bits per heavy atom. The fourth-order valence-corrected chi connectivity index (χ4v) is 8.36. The molecular formula is C57H57O3Ti-. The Balaban J connectivity index is 0.000000160. The Hall–Kier alpha value is -6.00. The summed E-state index contributed by atoms with van der Waals surface area (Å²) in [4.78, 5) is 0. The molecule has 4 heteroatoms. The molecule has 3 N–H and O–H groups in total. The van der Waals surface area contributed by atoms with E-state index >= 15 is 0 Å². The Kier molecular flexibility index (Phi) is 17.9. The molecule has 0 radical (unpaired) electrons. The molecule has 0 saturated heterocycles. The molecule has 0 heterocycles. The summed E-state index contributed by atoms with van der Waals surface area (Å²) in [7, 11) is 0. The van der Waals surface area contributed by atoms with Gasteiger partial charge in [-0.2, -0.15) is 0 Å². The minimum absolute atomic E-state index is 0. The first-order chi connectivity index (χ1) is 29.4. The summed E-state index contributed by atoms with van der Waals surface area (Å²) < 4.78 is 0. The Morgan fingerprint density at radius 2 is 0.836 bits per heavy atom. The number of hydrogen-bond donors (Lipinski definition) is 3. The van der Waals surface area contributed by atoms with E-state index in [1.165, 1.54) is 44.1 Å². The molecule has 308 valence electrons. The second-order valence-electron chi connectivity index (χ2n) is 15.2. The molecular weight excluding hydrogens is 780 g/mol. The number of allylic oxidation sites excluding steroid dienone is 4. The number of fused-ring (bicyclic) bond motifs is 1. The van der Waals surface area contributed by atoms with Crippen LogP contribution < -0.4 is 0 Å². The molecule has 0 amide bonds. The van der Waals surface area contributed by atoms with Crippen molar-refractivity contribution in [3.8, 4) is 61.8 Å². The molecule has 1 fully saturated rings. The smallest absolute Gasteiger partial charge is 0.131 e. The van der Waals surface area contributed by atoms with Crippen molar-refractivity contribution in [1.29, 1.82) is 0 Å². The Bertz CT molecular complexity index is 2190. The van der Waals surface area contributed by atoms with Gasteiger partial charge in [-0.1, -0.05) is 208 Å². The number of hydrogen-bond acceptors (Lipinski definition) is 3. The maximum Gasteiger partial charge on any atom is 0.131 e. The second-order valence-corrected chi connectivity index (χ2v) is 15.2. The predicted molar refractivity (Wildman–Crippen MR) is 253 cm³/mol. The monoisotopic (exact) mass is 837 g/mol. The summed E-state index contributed by atoms with van der Waals surface area (Å²) in [6.07, 6.45) is 10.4. The van der Waals surface area contributed by atoms with Crippen LogP contribution in [0.4, 0.5) is 0 Å². The van der Waals surface area contributed by atoms with Crippen LogP contribution in [0.2, 0.25) is 0 Å². The third-order valence-electron chi connectivity index (χ3n) is 11.4. The number of para-hydroxylation sites is 3. The van der Waals surface area contributed by atoms with Gasteiger partial charge in [-0.05, 0) is 71.9 Å². The third kappa shape index (κ3) is 12.3. The maximum absolute atomic E-state index is 10.5. The molecule has 7 aromatic carbocycles. The van der Waals surface area contributed by atoms with E-state index < -0.39 is 0 Å². The fraction of sp³-hybridized carbons (Fsp3) is 0.175. The van der Waals surface area contributed by atoms with Gasteiger partial charge in [0.05, 0.1) is 0 Å². The van der Waals surface area contributed by atoms with E-state index in [4.69, 9.17) is 5.11 Å². The van der Waals surface area contributed by atoms with E-state index in [0.29, 0.717) is 17.2 Å². The van der Waals surface area contributed by atoms with E-state index in [1.807, 2.05) is 164 Å². The van der Waals surface area contributed by atoms with Gasteiger partial charge in [0.15, 0.2) is 0 Å². The van der Waals surface area contributed by atoms with Crippen molar-refractivity contribution in [2.75, 3.05) is 0 Å². The average molecular weight is 838 g/mol. The van der Waals surface area contributed by atoms with Gasteiger partial charge in [-0.25, -0.2) is 18.6 Å². The van der Waals surface area contributed by atoms with Gasteiger partial charge in [0.25, 0.3) is 0 Å². The van der Waals surface area contributed by atoms with E-state index in [2.05, 4.69) is 26.8 Å². The molecule has 1 saturated carbocycles. The number of benzene rings is 7. The Morgan fingerprint density at radius 3 is 1.15 bits per heavy atom. The fourth-order valence-electron chi connectivity index (χ4n) is 8.36. The molecule has 3 nitrogen and oxygen atoms in total. The summed E-state index contributed by atoms with van der Waals surface area (Å²) in [5.74, 6) is 2.58. The predicted octanol–water partition coefficient (Wildman–Crippen LogP) is 15.5. The van der Waals surface area contributed by atoms with Crippen molar-refractivity contribution in [3.05, 3.63) is 218 Å². The minimum atomic E-state index is 0. The molecule has 7 aromatic rings. The Labute approximate surface area is 378 Å². The van der Waals surface area contributed by atoms with Gasteiger partial charge in [-0.3, -0.25) is 0 Å². The molecule has 0 unspecified atom stereocenters. The van der Waals surface area contributed by atoms with Crippen molar-refractivity contribution in [2.24, 2.45) is 11.8 Å². The summed E-state index contributed by atoms with van der Waals surface area (Å²) in [5.41, 5.74) is 12.3. The van der Waals surface area contributed by atoms with Crippen LogP contribution >= 0.6 is 0 Å². The van der Waals surface area contributed by atoms with Gasteiger partial charge in [-0.15, -0.1) is 5.57 Å². The topological polar surface area (TPSA) is 60.7 Å². The maximum atomic E-state index is 10.5. The van der Waals surface area contributed by atoms with Crippen LogP contribution in [0.5, 0.6) is 17.2 Å². The van der Waals surface area contributed by atoms with E-state index in [9.17, 15) is 10.2 Å². The van der Waals surface area contributed by atoms with Crippen LogP contribution in [0.15, 0.2) is 211 Å². The van der Waals surface area contributed by atoms with Crippen LogP contribution in [0.25, 0.3) is 44.5 Å². The van der Waals surface area contributed by atoms with Crippen LogP contribution in [0.1, 0.15) is 52.4 Å². The quantitative estimate of drug-likeness (QED) is 0.115. The summed E-state index contributed by atoms with van der Waals surface area (Å²) in [6.45, 7) is 8.86. The zero-order valence-electron chi connectivity index (χ0n) is 35.4. The van der Waals surface area contributed by atoms with Crippen molar-refractivity contribution in [1.82, 2.24) is 0 Å². The molecule has 0 aromatic heterocycles. The van der Waals surface area contributed by atoms with Crippen molar-refractivity contribution in [3.63, 3.8) is 0 Å². The van der Waals surface area contributed by atoms with Crippen LogP contribution in [0.3, 0.4) is 0 Å². The normalized spacial score (nSPS) is 15.1.